The van der Waals surface area contributed by atoms with Crippen LogP contribution in [-0.4, -0.2) is 66.0 Å². The second kappa shape index (κ2) is 8.59. The number of aryl methyl sites for hydroxylation is 1. The third kappa shape index (κ3) is 4.02. The van der Waals surface area contributed by atoms with Gasteiger partial charge in [-0.1, -0.05) is 12.1 Å². The molecular weight excluding hydrogens is 384 g/mol. The number of aliphatic hydroxyl groups is 1. The standard InChI is InChI=1S/C23H26N2O5/c1-14-13-17(30-4)9-10-18(14)21(27)19-20(15-5-7-16(26)8-6-15)25(12-11-24(2)3)23(29)22(19)28/h5-10,13,20,26-27H,11-12H2,1-4H3/t20-/m1/s1. The van der Waals surface area contributed by atoms with Crippen molar-refractivity contribution in [2.24, 2.45) is 0 Å². The van der Waals surface area contributed by atoms with Gasteiger partial charge in [-0.15, -0.1) is 0 Å². The molecule has 0 saturated carbocycles. The molecule has 3 rings (SSSR count). The minimum Gasteiger partial charge on any atom is -0.508 e. The number of likely N-dealkylation sites (N-methyl/N-ethyl adjacent to an activating group) is 1. The minimum atomic E-state index is -0.743. The van der Waals surface area contributed by atoms with Crippen LogP contribution in [0.1, 0.15) is 22.7 Å². The van der Waals surface area contributed by atoms with E-state index in [1.165, 1.54) is 17.0 Å². The molecule has 2 aromatic rings. The molecule has 1 atom stereocenters. The average molecular weight is 410 g/mol. The number of ketones is 1. The maximum atomic E-state index is 13.0. The zero-order valence-electron chi connectivity index (χ0n) is 17.5. The molecule has 0 aliphatic carbocycles. The van der Waals surface area contributed by atoms with Crippen molar-refractivity contribution in [1.82, 2.24) is 9.80 Å². The van der Waals surface area contributed by atoms with Crippen LogP contribution in [0.15, 0.2) is 48.0 Å². The largest absolute Gasteiger partial charge is 0.508 e. The molecular formula is C23H26N2O5. The van der Waals surface area contributed by atoms with Crippen molar-refractivity contribution >= 4 is 17.4 Å². The first-order chi connectivity index (χ1) is 14.2. The Labute approximate surface area is 175 Å². The summed E-state index contributed by atoms with van der Waals surface area (Å²) in [7, 11) is 5.31. The van der Waals surface area contributed by atoms with Gasteiger partial charge in [0.25, 0.3) is 11.7 Å². The lowest BCUT2D eigenvalue weighted by Gasteiger charge is -2.26. The maximum Gasteiger partial charge on any atom is 0.295 e. The van der Waals surface area contributed by atoms with Crippen molar-refractivity contribution < 1.29 is 24.5 Å². The average Bonchev–Trinajstić information content (AvgIpc) is 2.96. The number of ether oxygens (including phenoxy) is 1. The second-order valence-electron chi connectivity index (χ2n) is 7.57. The number of hydrogen-bond donors (Lipinski definition) is 2. The predicted molar refractivity (Wildman–Crippen MR) is 113 cm³/mol. The molecule has 1 aliphatic rings. The molecule has 1 heterocycles. The molecule has 2 aromatic carbocycles. The van der Waals surface area contributed by atoms with Crippen molar-refractivity contribution in [3.63, 3.8) is 0 Å². The van der Waals surface area contributed by atoms with Gasteiger partial charge in [-0.25, -0.2) is 0 Å². The van der Waals surface area contributed by atoms with Crippen LogP contribution in [0.3, 0.4) is 0 Å². The van der Waals surface area contributed by atoms with Crippen molar-refractivity contribution in [3.8, 4) is 11.5 Å². The minimum absolute atomic E-state index is 0.0395. The molecule has 2 N–H and O–H groups in total. The highest BCUT2D eigenvalue weighted by molar-refractivity contribution is 6.46. The summed E-state index contributed by atoms with van der Waals surface area (Å²) in [6.07, 6.45) is 0. The zero-order valence-corrected chi connectivity index (χ0v) is 17.5. The summed E-state index contributed by atoms with van der Waals surface area (Å²) in [6, 6.07) is 10.7. The highest BCUT2D eigenvalue weighted by atomic mass is 16.5. The summed E-state index contributed by atoms with van der Waals surface area (Å²) in [6.45, 7) is 2.68. The Kier molecular flexibility index (Phi) is 6.12. The van der Waals surface area contributed by atoms with Gasteiger partial charge in [0.1, 0.15) is 17.3 Å². The Bertz CT molecular complexity index is 995. The number of carbonyl (C=O) groups is 2. The predicted octanol–water partition coefficient (Wildman–Crippen LogP) is 2.69. The molecule has 0 aromatic heterocycles. The molecule has 1 fully saturated rings. The smallest absolute Gasteiger partial charge is 0.295 e. The Hall–Kier alpha value is -3.32. The van der Waals surface area contributed by atoms with E-state index in [1.54, 1.807) is 44.4 Å². The Balaban J connectivity index is 2.16. The summed E-state index contributed by atoms with van der Waals surface area (Å²) in [4.78, 5) is 29.2. The van der Waals surface area contributed by atoms with Crippen LogP contribution in [0, 0.1) is 6.92 Å². The van der Waals surface area contributed by atoms with E-state index in [-0.39, 0.29) is 17.1 Å². The molecule has 0 spiro atoms. The summed E-state index contributed by atoms with van der Waals surface area (Å²) in [5.41, 5.74) is 1.86. The van der Waals surface area contributed by atoms with Crippen LogP contribution in [0.2, 0.25) is 0 Å². The lowest BCUT2D eigenvalue weighted by molar-refractivity contribution is -0.140. The van der Waals surface area contributed by atoms with Gasteiger partial charge in [-0.3, -0.25) is 9.59 Å². The van der Waals surface area contributed by atoms with E-state index < -0.39 is 17.7 Å². The van der Waals surface area contributed by atoms with Gasteiger partial charge in [0.05, 0.1) is 18.7 Å². The van der Waals surface area contributed by atoms with Gasteiger partial charge in [0.2, 0.25) is 0 Å². The van der Waals surface area contributed by atoms with Crippen molar-refractivity contribution in [1.29, 1.82) is 0 Å². The van der Waals surface area contributed by atoms with Crippen LogP contribution >= 0.6 is 0 Å². The fraction of sp³-hybridized carbons (Fsp3) is 0.304. The van der Waals surface area contributed by atoms with E-state index in [1.807, 2.05) is 19.0 Å². The summed E-state index contributed by atoms with van der Waals surface area (Å²) in [5, 5.41) is 20.8. The van der Waals surface area contributed by atoms with Gasteiger partial charge in [-0.05, 0) is 62.5 Å². The van der Waals surface area contributed by atoms with E-state index in [2.05, 4.69) is 0 Å². The van der Waals surface area contributed by atoms with E-state index in [9.17, 15) is 19.8 Å². The van der Waals surface area contributed by atoms with E-state index >= 15 is 0 Å². The number of aromatic hydroxyl groups is 1. The highest BCUT2D eigenvalue weighted by Crippen LogP contribution is 2.40. The van der Waals surface area contributed by atoms with Gasteiger partial charge in [0.15, 0.2) is 0 Å². The normalized spacial score (nSPS) is 18.3. The van der Waals surface area contributed by atoms with Crippen LogP contribution in [0.25, 0.3) is 5.76 Å². The van der Waals surface area contributed by atoms with Crippen LogP contribution in [0.4, 0.5) is 0 Å². The first-order valence-electron chi connectivity index (χ1n) is 9.61. The third-order valence-electron chi connectivity index (χ3n) is 5.23. The van der Waals surface area contributed by atoms with Crippen molar-refractivity contribution in [2.75, 3.05) is 34.3 Å². The topological polar surface area (TPSA) is 90.3 Å². The fourth-order valence-corrected chi connectivity index (χ4v) is 3.60. The molecule has 7 heteroatoms. The highest BCUT2D eigenvalue weighted by Gasteiger charge is 2.46. The number of amides is 1. The fourth-order valence-electron chi connectivity index (χ4n) is 3.60. The molecule has 1 aliphatic heterocycles. The van der Waals surface area contributed by atoms with Gasteiger partial charge in [0, 0.05) is 18.7 Å². The molecule has 0 unspecified atom stereocenters. The first-order valence-corrected chi connectivity index (χ1v) is 9.61. The summed E-state index contributed by atoms with van der Waals surface area (Å²) < 4.78 is 5.21. The zero-order chi connectivity index (χ0) is 22.0. The van der Waals surface area contributed by atoms with Crippen LogP contribution in [0.5, 0.6) is 11.5 Å². The van der Waals surface area contributed by atoms with E-state index in [4.69, 9.17) is 4.74 Å². The number of rotatable bonds is 6. The van der Waals surface area contributed by atoms with Crippen molar-refractivity contribution in [3.05, 3.63) is 64.7 Å². The van der Waals surface area contributed by atoms with Crippen molar-refractivity contribution in [2.45, 2.75) is 13.0 Å². The Morgan fingerprint density at radius 1 is 1.13 bits per heavy atom. The first kappa shape index (κ1) is 21.4. The lowest BCUT2D eigenvalue weighted by atomic mass is 9.94. The molecule has 30 heavy (non-hydrogen) atoms. The quantitative estimate of drug-likeness (QED) is 0.432. The number of phenols is 1. The molecule has 0 radical (unpaired) electrons. The SMILES string of the molecule is COc1ccc(C(O)=C2C(=O)C(=O)N(CCN(C)C)[C@@H]2c2ccc(O)cc2)c(C)c1. The number of hydrogen-bond acceptors (Lipinski definition) is 6. The molecule has 1 saturated heterocycles. The number of aliphatic hydroxyl groups excluding tert-OH is 1. The number of benzene rings is 2. The Morgan fingerprint density at radius 2 is 1.80 bits per heavy atom. The van der Waals surface area contributed by atoms with Gasteiger partial charge in [-0.2, -0.15) is 0 Å². The third-order valence-corrected chi connectivity index (χ3v) is 5.23. The van der Waals surface area contributed by atoms with E-state index in [0.29, 0.717) is 30.0 Å². The molecule has 158 valence electrons. The molecule has 0 bridgehead atoms. The van der Waals surface area contributed by atoms with Gasteiger partial charge < -0.3 is 24.7 Å². The van der Waals surface area contributed by atoms with Crippen LogP contribution < -0.4 is 4.74 Å². The van der Waals surface area contributed by atoms with E-state index in [0.717, 1.165) is 5.56 Å². The number of Topliss-reactive ketones (excluding diaryl/α,β-unsaturated/α-hetero) is 1. The number of methoxy groups -OCH3 is 1. The molecule has 1 amide bonds. The number of phenolic OH excluding ortho intramolecular Hbond substituents is 1. The Morgan fingerprint density at radius 3 is 2.37 bits per heavy atom. The lowest BCUT2D eigenvalue weighted by Crippen LogP contribution is -2.35. The number of nitrogens with zero attached hydrogens (tertiary/aromatic N) is 2. The maximum absolute atomic E-state index is 13.0. The monoisotopic (exact) mass is 410 g/mol. The summed E-state index contributed by atoms with van der Waals surface area (Å²) in [5.74, 6) is -0.887. The summed E-state index contributed by atoms with van der Waals surface area (Å²) >= 11 is 0. The van der Waals surface area contributed by atoms with Gasteiger partial charge >= 0.3 is 0 Å². The number of carbonyl (C=O) groups excluding carboxylic acids is 2. The number of likely N-dealkylation sites (tertiary alicyclic amines) is 1. The second-order valence-corrected chi connectivity index (χ2v) is 7.57. The molecule has 7 nitrogen and oxygen atoms in total. The van der Waals surface area contributed by atoms with Crippen LogP contribution in [-0.2, 0) is 9.59 Å².